The fraction of sp³-hybridized carbons (Fsp3) is 0.333. The van der Waals surface area contributed by atoms with E-state index in [1.54, 1.807) is 0 Å². The molecule has 1 aromatic carbocycles. The first-order chi connectivity index (χ1) is 11.3. The van der Waals surface area contributed by atoms with Gasteiger partial charge < -0.3 is 9.84 Å². The van der Waals surface area contributed by atoms with E-state index in [0.29, 0.717) is 5.69 Å². The first kappa shape index (κ1) is 18.4. The van der Waals surface area contributed by atoms with Gasteiger partial charge in [-0.15, -0.1) is 11.3 Å². The van der Waals surface area contributed by atoms with E-state index in [4.69, 9.17) is 9.84 Å². The number of nitrogens with zero attached hydrogens (tertiary/aromatic N) is 2. The molecule has 2 aromatic rings. The summed E-state index contributed by atoms with van der Waals surface area (Å²) >= 11 is 1.48. The SMILES string of the molecule is CCc1nc(CN(C)S(=O)(=O)c2cc(C(=O)O)ccc2OC)cs1. The van der Waals surface area contributed by atoms with E-state index >= 15 is 0 Å². The van der Waals surface area contributed by atoms with Crippen molar-refractivity contribution in [1.29, 1.82) is 0 Å². The van der Waals surface area contributed by atoms with Crippen LogP contribution in [-0.2, 0) is 23.0 Å². The van der Waals surface area contributed by atoms with Gasteiger partial charge in [0.2, 0.25) is 10.0 Å². The summed E-state index contributed by atoms with van der Waals surface area (Å²) in [6.07, 6.45) is 0.787. The maximum atomic E-state index is 12.8. The van der Waals surface area contributed by atoms with Gasteiger partial charge in [0.25, 0.3) is 0 Å². The van der Waals surface area contributed by atoms with Gasteiger partial charge in [-0.05, 0) is 24.6 Å². The van der Waals surface area contributed by atoms with Gasteiger partial charge >= 0.3 is 5.97 Å². The number of carboxylic acids is 1. The summed E-state index contributed by atoms with van der Waals surface area (Å²) in [6, 6.07) is 3.74. The van der Waals surface area contributed by atoms with E-state index in [-0.39, 0.29) is 22.8 Å². The van der Waals surface area contributed by atoms with Crippen molar-refractivity contribution in [3.8, 4) is 5.75 Å². The van der Waals surface area contributed by atoms with Crippen LogP contribution in [0.3, 0.4) is 0 Å². The second-order valence-electron chi connectivity index (χ2n) is 5.02. The molecule has 7 nitrogen and oxygen atoms in total. The monoisotopic (exact) mass is 370 g/mol. The summed E-state index contributed by atoms with van der Waals surface area (Å²) in [5.74, 6) is -1.11. The van der Waals surface area contributed by atoms with Crippen LogP contribution in [-0.4, -0.2) is 42.9 Å². The summed E-state index contributed by atoms with van der Waals surface area (Å²) in [6.45, 7) is 2.07. The number of carbonyl (C=O) groups is 1. The molecule has 2 rings (SSSR count). The molecule has 24 heavy (non-hydrogen) atoms. The Morgan fingerprint density at radius 1 is 1.42 bits per heavy atom. The fourth-order valence-electron chi connectivity index (χ4n) is 2.08. The van der Waals surface area contributed by atoms with Crippen molar-refractivity contribution in [2.24, 2.45) is 0 Å². The minimum atomic E-state index is -3.92. The van der Waals surface area contributed by atoms with Gasteiger partial charge in [0.1, 0.15) is 10.6 Å². The fourth-order valence-corrected chi connectivity index (χ4v) is 4.13. The summed E-state index contributed by atoms with van der Waals surface area (Å²) in [5, 5.41) is 11.8. The molecule has 1 N–H and O–H groups in total. The number of benzene rings is 1. The highest BCUT2D eigenvalue weighted by Gasteiger charge is 2.26. The quantitative estimate of drug-likeness (QED) is 0.803. The molecule has 0 fully saturated rings. The van der Waals surface area contributed by atoms with Crippen molar-refractivity contribution in [2.45, 2.75) is 24.8 Å². The molecule has 0 spiro atoms. The second-order valence-corrected chi connectivity index (χ2v) is 7.97. The Morgan fingerprint density at radius 2 is 2.12 bits per heavy atom. The number of aryl methyl sites for hydroxylation is 1. The lowest BCUT2D eigenvalue weighted by Crippen LogP contribution is -2.27. The van der Waals surface area contributed by atoms with Gasteiger partial charge in [0.15, 0.2) is 0 Å². The summed E-state index contributed by atoms with van der Waals surface area (Å²) in [5.41, 5.74) is 0.529. The Bertz CT molecular complexity index is 845. The summed E-state index contributed by atoms with van der Waals surface area (Å²) in [7, 11) is -1.16. The molecule has 0 radical (unpaired) electrons. The predicted molar refractivity (Wildman–Crippen MR) is 90.1 cm³/mol. The van der Waals surface area contributed by atoms with Crippen LogP contribution >= 0.6 is 11.3 Å². The topological polar surface area (TPSA) is 96.8 Å². The zero-order valence-corrected chi connectivity index (χ0v) is 15.1. The molecular weight excluding hydrogens is 352 g/mol. The minimum Gasteiger partial charge on any atom is -0.495 e. The van der Waals surface area contributed by atoms with Gasteiger partial charge in [-0.3, -0.25) is 0 Å². The number of rotatable bonds is 7. The average Bonchev–Trinajstić information content (AvgIpc) is 3.01. The van der Waals surface area contributed by atoms with Crippen LogP contribution in [0, 0.1) is 0 Å². The summed E-state index contributed by atoms with van der Waals surface area (Å²) < 4.78 is 31.8. The smallest absolute Gasteiger partial charge is 0.335 e. The second kappa shape index (κ2) is 7.29. The molecular formula is C15H18N2O5S2. The van der Waals surface area contributed by atoms with E-state index in [1.807, 2.05) is 12.3 Å². The molecule has 0 bridgehead atoms. The van der Waals surface area contributed by atoms with Crippen molar-refractivity contribution < 1.29 is 23.1 Å². The molecule has 0 atom stereocenters. The maximum Gasteiger partial charge on any atom is 0.335 e. The zero-order chi connectivity index (χ0) is 17.9. The van der Waals surface area contributed by atoms with E-state index in [0.717, 1.165) is 21.8 Å². The Morgan fingerprint density at radius 3 is 2.67 bits per heavy atom. The Kier molecular flexibility index (Phi) is 5.58. The molecule has 0 unspecified atom stereocenters. The van der Waals surface area contributed by atoms with Crippen molar-refractivity contribution in [2.75, 3.05) is 14.2 Å². The number of sulfonamides is 1. The lowest BCUT2D eigenvalue weighted by molar-refractivity contribution is 0.0696. The molecule has 130 valence electrons. The van der Waals surface area contributed by atoms with Crippen LogP contribution in [0.1, 0.15) is 28.0 Å². The van der Waals surface area contributed by atoms with Crippen LogP contribution in [0.25, 0.3) is 0 Å². The highest BCUT2D eigenvalue weighted by Crippen LogP contribution is 2.28. The van der Waals surface area contributed by atoms with E-state index in [1.165, 1.54) is 37.6 Å². The standard InChI is InChI=1S/C15H18N2O5S2/c1-4-14-16-11(9-23-14)8-17(2)24(20,21)13-7-10(15(18)19)5-6-12(13)22-3/h5-7,9H,4,8H2,1-3H3,(H,18,19). The normalized spacial score (nSPS) is 11.7. The number of carboxylic acid groups (broad SMARTS) is 1. The number of hydrogen-bond acceptors (Lipinski definition) is 6. The number of aromatic carboxylic acids is 1. The number of aromatic nitrogens is 1. The lowest BCUT2D eigenvalue weighted by atomic mass is 10.2. The van der Waals surface area contributed by atoms with Crippen LogP contribution in [0.2, 0.25) is 0 Å². The third-order valence-electron chi connectivity index (χ3n) is 3.39. The highest BCUT2D eigenvalue weighted by molar-refractivity contribution is 7.89. The van der Waals surface area contributed by atoms with Gasteiger partial charge in [-0.2, -0.15) is 4.31 Å². The molecule has 0 aliphatic carbocycles. The van der Waals surface area contributed by atoms with Crippen molar-refractivity contribution in [3.05, 3.63) is 39.8 Å². The van der Waals surface area contributed by atoms with Crippen LogP contribution in [0.4, 0.5) is 0 Å². The predicted octanol–water partition coefficient (Wildman–Crippen LogP) is 2.23. The Labute approximate surface area is 144 Å². The third-order valence-corrected chi connectivity index (χ3v) is 6.25. The number of thiazole rings is 1. The van der Waals surface area contributed by atoms with E-state index < -0.39 is 16.0 Å². The van der Waals surface area contributed by atoms with Crippen LogP contribution < -0.4 is 4.74 Å². The average molecular weight is 370 g/mol. The number of ether oxygens (including phenoxy) is 1. The van der Waals surface area contributed by atoms with E-state index in [9.17, 15) is 13.2 Å². The van der Waals surface area contributed by atoms with Crippen LogP contribution in [0.5, 0.6) is 5.75 Å². The van der Waals surface area contributed by atoms with Crippen LogP contribution in [0.15, 0.2) is 28.5 Å². The molecule has 1 heterocycles. The first-order valence-corrected chi connectivity index (χ1v) is 9.42. The minimum absolute atomic E-state index is 0.0965. The maximum absolute atomic E-state index is 12.8. The zero-order valence-electron chi connectivity index (χ0n) is 13.5. The first-order valence-electron chi connectivity index (χ1n) is 7.10. The van der Waals surface area contributed by atoms with Gasteiger partial charge in [-0.1, -0.05) is 6.92 Å². The highest BCUT2D eigenvalue weighted by atomic mass is 32.2. The van der Waals surface area contributed by atoms with Crippen molar-refractivity contribution in [1.82, 2.24) is 9.29 Å². The largest absolute Gasteiger partial charge is 0.495 e. The number of hydrogen-bond donors (Lipinski definition) is 1. The van der Waals surface area contributed by atoms with Gasteiger partial charge in [-0.25, -0.2) is 18.2 Å². The van der Waals surface area contributed by atoms with Crippen molar-refractivity contribution >= 4 is 27.3 Å². The third kappa shape index (κ3) is 3.74. The molecule has 0 amide bonds. The molecule has 0 saturated heterocycles. The van der Waals surface area contributed by atoms with E-state index in [2.05, 4.69) is 4.98 Å². The lowest BCUT2D eigenvalue weighted by Gasteiger charge is -2.18. The molecule has 0 aliphatic heterocycles. The summed E-state index contributed by atoms with van der Waals surface area (Å²) in [4.78, 5) is 15.3. The molecule has 1 aromatic heterocycles. The molecule has 0 saturated carbocycles. The molecule has 9 heteroatoms. The van der Waals surface area contributed by atoms with Crippen molar-refractivity contribution in [3.63, 3.8) is 0 Å². The van der Waals surface area contributed by atoms with Gasteiger partial charge in [0, 0.05) is 12.4 Å². The Balaban J connectivity index is 2.37. The Hall–Kier alpha value is -1.97. The number of methoxy groups -OCH3 is 1. The molecule has 0 aliphatic rings. The van der Waals surface area contributed by atoms with Gasteiger partial charge in [0.05, 0.1) is 29.9 Å².